The molecule has 0 saturated heterocycles. The Morgan fingerprint density at radius 1 is 1.31 bits per heavy atom. The third-order valence-electron chi connectivity index (χ3n) is 3.02. The number of nitrogens with zero attached hydrogens (tertiary/aromatic N) is 1. The fourth-order valence-electron chi connectivity index (χ4n) is 1.90. The summed E-state index contributed by atoms with van der Waals surface area (Å²) in [6.45, 7) is 5.77. The van der Waals surface area contributed by atoms with Gasteiger partial charge in [-0.2, -0.15) is 0 Å². The molecule has 1 amide bonds. The number of ether oxygens (including phenoxy) is 1. The van der Waals surface area contributed by atoms with E-state index in [1.165, 1.54) is 6.92 Å². The van der Waals surface area contributed by atoms with Crippen LogP contribution in [0.2, 0.25) is 5.02 Å². The van der Waals surface area contributed by atoms with E-state index in [1.54, 1.807) is 20.8 Å². The van der Waals surface area contributed by atoms with Gasteiger partial charge in [0.25, 0.3) is 11.6 Å². The topological polar surface area (TPSA) is 133 Å². The number of nitro groups is 1. The van der Waals surface area contributed by atoms with E-state index in [-0.39, 0.29) is 11.3 Å². The number of rotatable bonds is 6. The van der Waals surface area contributed by atoms with Crippen molar-refractivity contribution in [2.75, 3.05) is 12.3 Å². The van der Waals surface area contributed by atoms with Crippen LogP contribution in [0, 0.1) is 10.1 Å². The first-order chi connectivity index (χ1) is 11.8. The summed E-state index contributed by atoms with van der Waals surface area (Å²) >= 11 is 5.78. The first-order valence-electron chi connectivity index (χ1n) is 7.49. The van der Waals surface area contributed by atoms with Crippen LogP contribution in [-0.2, 0) is 19.4 Å². The lowest BCUT2D eigenvalue weighted by molar-refractivity contribution is -0.384. The number of halogens is 1. The number of benzene rings is 1. The second-order valence-electron chi connectivity index (χ2n) is 6.23. The van der Waals surface area contributed by atoms with Crippen LogP contribution in [0.3, 0.4) is 0 Å². The van der Waals surface area contributed by atoms with Crippen molar-refractivity contribution in [1.82, 2.24) is 5.32 Å². The highest BCUT2D eigenvalue weighted by Gasteiger charge is 2.27. The SMILES string of the molecule is CCS(=O)(=O)c1cc([N+](=O)[O-])c(Cl)cc1C(=O)NCC(=O)OC(C)(C)C. The van der Waals surface area contributed by atoms with E-state index >= 15 is 0 Å². The Labute approximate surface area is 155 Å². The number of nitro benzene ring substituents is 1. The Morgan fingerprint density at radius 3 is 2.35 bits per heavy atom. The zero-order chi connectivity index (χ0) is 20.3. The van der Waals surface area contributed by atoms with Gasteiger partial charge in [-0.25, -0.2) is 8.42 Å². The first-order valence-corrected chi connectivity index (χ1v) is 9.52. The van der Waals surface area contributed by atoms with Crippen molar-refractivity contribution in [1.29, 1.82) is 0 Å². The van der Waals surface area contributed by atoms with Crippen molar-refractivity contribution in [3.05, 3.63) is 32.8 Å². The first kappa shape index (κ1) is 21.8. The van der Waals surface area contributed by atoms with Crippen LogP contribution in [0.25, 0.3) is 0 Å². The molecule has 1 aromatic carbocycles. The molecule has 0 bridgehead atoms. The Bertz CT molecular complexity index is 844. The highest BCUT2D eigenvalue weighted by atomic mass is 35.5. The molecule has 144 valence electrons. The number of sulfone groups is 1. The lowest BCUT2D eigenvalue weighted by Crippen LogP contribution is -2.35. The number of hydrogen-bond acceptors (Lipinski definition) is 7. The van der Waals surface area contributed by atoms with Gasteiger partial charge >= 0.3 is 5.97 Å². The number of amides is 1. The predicted octanol–water partition coefficient (Wildman–Crippen LogP) is 2.11. The minimum atomic E-state index is -3.95. The van der Waals surface area contributed by atoms with Gasteiger partial charge in [-0.15, -0.1) is 0 Å². The van der Waals surface area contributed by atoms with Crippen molar-refractivity contribution < 1.29 is 27.7 Å². The van der Waals surface area contributed by atoms with Crippen LogP contribution in [0.15, 0.2) is 17.0 Å². The molecule has 0 fully saturated rings. The minimum Gasteiger partial charge on any atom is -0.459 e. The fourth-order valence-corrected chi connectivity index (χ4v) is 3.22. The molecule has 0 saturated carbocycles. The monoisotopic (exact) mass is 406 g/mol. The maximum absolute atomic E-state index is 12.3. The quantitative estimate of drug-likeness (QED) is 0.434. The lowest BCUT2D eigenvalue weighted by Gasteiger charge is -2.19. The molecule has 0 aliphatic rings. The molecule has 26 heavy (non-hydrogen) atoms. The van der Waals surface area contributed by atoms with Gasteiger partial charge in [0.1, 0.15) is 17.2 Å². The summed E-state index contributed by atoms with van der Waals surface area (Å²) < 4.78 is 29.4. The van der Waals surface area contributed by atoms with Gasteiger partial charge in [-0.05, 0) is 26.8 Å². The van der Waals surface area contributed by atoms with Crippen molar-refractivity contribution in [3.8, 4) is 0 Å². The van der Waals surface area contributed by atoms with Crippen molar-refractivity contribution >= 4 is 39.0 Å². The zero-order valence-electron chi connectivity index (χ0n) is 14.7. The summed E-state index contributed by atoms with van der Waals surface area (Å²) in [6, 6.07) is 1.64. The summed E-state index contributed by atoms with van der Waals surface area (Å²) in [6.07, 6.45) is 0. The number of carbonyl (C=O) groups is 2. The number of carbonyl (C=O) groups excluding carboxylic acids is 2. The highest BCUT2D eigenvalue weighted by Crippen LogP contribution is 2.31. The van der Waals surface area contributed by atoms with E-state index in [2.05, 4.69) is 5.32 Å². The third kappa shape index (κ3) is 5.67. The molecule has 0 atom stereocenters. The van der Waals surface area contributed by atoms with E-state index < -0.39 is 54.4 Å². The maximum atomic E-state index is 12.3. The van der Waals surface area contributed by atoms with E-state index in [4.69, 9.17) is 16.3 Å². The number of esters is 1. The molecule has 1 rings (SSSR count). The van der Waals surface area contributed by atoms with Crippen LogP contribution in [0.1, 0.15) is 38.1 Å². The Hall–Kier alpha value is -2.20. The molecule has 0 spiro atoms. The molecule has 11 heteroatoms. The van der Waals surface area contributed by atoms with Crippen LogP contribution >= 0.6 is 11.6 Å². The zero-order valence-corrected chi connectivity index (χ0v) is 16.2. The van der Waals surface area contributed by atoms with Crippen LogP contribution in [0.5, 0.6) is 0 Å². The molecular weight excluding hydrogens is 388 g/mol. The molecule has 0 heterocycles. The average Bonchev–Trinajstić information content (AvgIpc) is 2.50. The third-order valence-corrected chi connectivity index (χ3v) is 5.09. The van der Waals surface area contributed by atoms with E-state index in [0.29, 0.717) is 0 Å². The molecule has 0 radical (unpaired) electrons. The second-order valence-corrected chi connectivity index (χ2v) is 8.88. The molecule has 0 aromatic heterocycles. The average molecular weight is 407 g/mol. The highest BCUT2D eigenvalue weighted by molar-refractivity contribution is 7.91. The van der Waals surface area contributed by atoms with Crippen LogP contribution in [0.4, 0.5) is 5.69 Å². The summed E-state index contributed by atoms with van der Waals surface area (Å²) in [5.41, 5.74) is -1.77. The Morgan fingerprint density at radius 2 is 1.88 bits per heavy atom. The fraction of sp³-hybridized carbons (Fsp3) is 0.467. The van der Waals surface area contributed by atoms with Gasteiger partial charge in [-0.1, -0.05) is 18.5 Å². The van der Waals surface area contributed by atoms with Gasteiger partial charge in [-0.3, -0.25) is 19.7 Å². The molecule has 1 aromatic rings. The van der Waals surface area contributed by atoms with Gasteiger partial charge in [0.05, 0.1) is 21.1 Å². The van der Waals surface area contributed by atoms with Crippen molar-refractivity contribution in [3.63, 3.8) is 0 Å². The molecular formula is C15H19ClN2O7S. The largest absolute Gasteiger partial charge is 0.459 e. The summed E-state index contributed by atoms with van der Waals surface area (Å²) in [7, 11) is -3.95. The molecule has 1 N–H and O–H groups in total. The Balaban J connectivity index is 3.22. The summed E-state index contributed by atoms with van der Waals surface area (Å²) in [5.74, 6) is -2.02. The standard InChI is InChI=1S/C15H19ClN2O7S/c1-5-26(23,24)12-7-11(18(21)22)10(16)6-9(12)14(20)17-8-13(19)25-15(2,3)4/h6-7H,5,8H2,1-4H3,(H,17,20). The van der Waals surface area contributed by atoms with Crippen LogP contribution < -0.4 is 5.32 Å². The Kier molecular flexibility index (Phi) is 6.72. The second kappa shape index (κ2) is 8.00. The van der Waals surface area contributed by atoms with Gasteiger partial charge in [0, 0.05) is 6.07 Å². The number of hydrogen-bond donors (Lipinski definition) is 1. The van der Waals surface area contributed by atoms with Gasteiger partial charge in [0.2, 0.25) is 0 Å². The molecule has 9 nitrogen and oxygen atoms in total. The van der Waals surface area contributed by atoms with Gasteiger partial charge < -0.3 is 10.1 Å². The molecule has 0 aliphatic heterocycles. The normalized spacial score (nSPS) is 11.7. The van der Waals surface area contributed by atoms with Crippen molar-refractivity contribution in [2.45, 2.75) is 38.2 Å². The lowest BCUT2D eigenvalue weighted by atomic mass is 10.2. The molecule has 0 unspecified atom stereocenters. The van der Waals surface area contributed by atoms with Crippen molar-refractivity contribution in [2.24, 2.45) is 0 Å². The van der Waals surface area contributed by atoms with E-state index in [9.17, 15) is 28.1 Å². The minimum absolute atomic E-state index is 0.377. The summed E-state index contributed by atoms with van der Waals surface area (Å²) in [4.78, 5) is 33.6. The van der Waals surface area contributed by atoms with E-state index in [1.807, 2.05) is 0 Å². The smallest absolute Gasteiger partial charge is 0.325 e. The maximum Gasteiger partial charge on any atom is 0.325 e. The van der Waals surface area contributed by atoms with Crippen LogP contribution in [-0.4, -0.2) is 43.1 Å². The summed E-state index contributed by atoms with van der Waals surface area (Å²) in [5, 5.41) is 12.8. The number of nitrogens with one attached hydrogen (secondary N) is 1. The van der Waals surface area contributed by atoms with E-state index in [0.717, 1.165) is 12.1 Å². The predicted molar refractivity (Wildman–Crippen MR) is 94.0 cm³/mol. The van der Waals surface area contributed by atoms with Gasteiger partial charge in [0.15, 0.2) is 9.84 Å². The molecule has 0 aliphatic carbocycles.